The topological polar surface area (TPSA) is 40.5 Å². The van der Waals surface area contributed by atoms with Crippen molar-refractivity contribution >= 4 is 17.3 Å². The molecule has 17 heavy (non-hydrogen) atoms. The molecule has 1 N–H and O–H groups in total. The monoisotopic (exact) mass is 251 g/mol. The molecule has 2 aliphatic rings. The third kappa shape index (κ3) is 1.89. The van der Waals surface area contributed by atoms with Crippen molar-refractivity contribution in [3.63, 3.8) is 0 Å². The van der Waals surface area contributed by atoms with Gasteiger partial charge in [0.1, 0.15) is 5.41 Å². The number of carboxylic acid groups (broad SMARTS) is 1. The van der Waals surface area contributed by atoms with Crippen LogP contribution < -0.4 is 0 Å². The van der Waals surface area contributed by atoms with Gasteiger partial charge < -0.3 is 10.0 Å². The number of rotatable bonds is 3. The first-order valence-corrected chi connectivity index (χ1v) is 7.12. The lowest BCUT2D eigenvalue weighted by Gasteiger charge is -2.38. The fourth-order valence-electron chi connectivity index (χ4n) is 2.83. The van der Waals surface area contributed by atoms with Crippen molar-refractivity contribution in [2.45, 2.75) is 37.1 Å². The summed E-state index contributed by atoms with van der Waals surface area (Å²) in [5, 5.41) is 11.6. The number of thiophene rings is 1. The minimum absolute atomic E-state index is 0.612. The van der Waals surface area contributed by atoms with Crippen LogP contribution in [0.25, 0.3) is 0 Å². The molecule has 1 saturated heterocycles. The first-order valence-electron chi connectivity index (χ1n) is 6.24. The molecule has 2 fully saturated rings. The fraction of sp³-hybridized carbons (Fsp3) is 0.615. The van der Waals surface area contributed by atoms with E-state index < -0.39 is 11.4 Å². The van der Waals surface area contributed by atoms with E-state index in [1.165, 1.54) is 12.8 Å². The summed E-state index contributed by atoms with van der Waals surface area (Å²) < 4.78 is 0. The Morgan fingerprint density at radius 1 is 1.41 bits per heavy atom. The van der Waals surface area contributed by atoms with Crippen LogP contribution in [0, 0.1) is 0 Å². The molecule has 3 nitrogen and oxygen atoms in total. The van der Waals surface area contributed by atoms with Crippen LogP contribution in [0.3, 0.4) is 0 Å². The van der Waals surface area contributed by atoms with Crippen LogP contribution in [-0.2, 0) is 10.2 Å². The van der Waals surface area contributed by atoms with Gasteiger partial charge in [0.05, 0.1) is 0 Å². The molecule has 1 aliphatic carbocycles. The average molecular weight is 251 g/mol. The molecule has 1 saturated carbocycles. The third-order valence-corrected chi connectivity index (χ3v) is 5.19. The Bertz CT molecular complexity index is 403. The zero-order chi connectivity index (χ0) is 11.9. The van der Waals surface area contributed by atoms with E-state index >= 15 is 0 Å². The second-order valence-electron chi connectivity index (χ2n) is 5.13. The molecule has 0 amide bonds. The summed E-state index contributed by atoms with van der Waals surface area (Å²) in [4.78, 5) is 15.2. The lowest BCUT2D eigenvalue weighted by molar-refractivity contribution is -0.145. The van der Waals surface area contributed by atoms with Crippen LogP contribution in [-0.4, -0.2) is 35.1 Å². The van der Waals surface area contributed by atoms with Crippen molar-refractivity contribution < 1.29 is 9.90 Å². The summed E-state index contributed by atoms with van der Waals surface area (Å²) in [6.45, 7) is 1.88. The molecular weight excluding hydrogens is 234 g/mol. The van der Waals surface area contributed by atoms with Gasteiger partial charge in [-0.15, -0.1) is 11.3 Å². The number of hydrogen-bond acceptors (Lipinski definition) is 3. The Morgan fingerprint density at radius 2 is 2.12 bits per heavy atom. The van der Waals surface area contributed by atoms with E-state index in [1.54, 1.807) is 11.3 Å². The minimum atomic E-state index is -0.643. The zero-order valence-electron chi connectivity index (χ0n) is 9.76. The molecule has 0 atom stereocenters. The smallest absolute Gasteiger partial charge is 0.315 e. The number of likely N-dealkylation sites (tertiary alicyclic amines) is 1. The number of piperidine rings is 1. The molecule has 2 heterocycles. The normalized spacial score (nSPS) is 24.7. The van der Waals surface area contributed by atoms with E-state index in [2.05, 4.69) is 4.90 Å². The highest BCUT2D eigenvalue weighted by atomic mass is 32.1. The summed E-state index contributed by atoms with van der Waals surface area (Å²) in [5.41, 5.74) is -0.612. The lowest BCUT2D eigenvalue weighted by atomic mass is 9.77. The molecule has 0 radical (unpaired) electrons. The van der Waals surface area contributed by atoms with Crippen molar-refractivity contribution in [3.05, 3.63) is 22.4 Å². The Labute approximate surface area is 105 Å². The minimum Gasteiger partial charge on any atom is -0.481 e. The molecule has 0 aromatic carbocycles. The van der Waals surface area contributed by atoms with Crippen molar-refractivity contribution in [2.75, 3.05) is 13.1 Å². The SMILES string of the molecule is O=C(O)C1(c2cccs2)CCN(C2CC2)CC1. The van der Waals surface area contributed by atoms with Crippen molar-refractivity contribution in [3.8, 4) is 0 Å². The summed E-state index contributed by atoms with van der Waals surface area (Å²) in [6, 6.07) is 4.69. The first-order chi connectivity index (χ1) is 8.22. The Morgan fingerprint density at radius 3 is 2.59 bits per heavy atom. The number of carboxylic acids is 1. The summed E-state index contributed by atoms with van der Waals surface area (Å²) >= 11 is 1.58. The second kappa shape index (κ2) is 4.10. The van der Waals surface area contributed by atoms with Gasteiger partial charge in [0.15, 0.2) is 0 Å². The van der Waals surface area contributed by atoms with Crippen LogP contribution in [0.2, 0.25) is 0 Å². The fourth-order valence-corrected chi connectivity index (χ4v) is 3.80. The predicted molar refractivity (Wildman–Crippen MR) is 67.5 cm³/mol. The molecule has 3 rings (SSSR count). The van der Waals surface area contributed by atoms with Crippen molar-refractivity contribution in [2.24, 2.45) is 0 Å². The molecule has 0 bridgehead atoms. The largest absolute Gasteiger partial charge is 0.481 e. The summed E-state index contributed by atoms with van der Waals surface area (Å²) in [7, 11) is 0. The van der Waals surface area contributed by atoms with E-state index in [0.29, 0.717) is 0 Å². The second-order valence-corrected chi connectivity index (χ2v) is 6.08. The van der Waals surface area contributed by atoms with Gasteiger partial charge in [0, 0.05) is 10.9 Å². The first kappa shape index (κ1) is 11.2. The summed E-state index contributed by atoms with van der Waals surface area (Å²) in [5.74, 6) is -0.643. The van der Waals surface area contributed by atoms with E-state index in [0.717, 1.165) is 36.9 Å². The van der Waals surface area contributed by atoms with Crippen LogP contribution in [0.1, 0.15) is 30.6 Å². The quantitative estimate of drug-likeness (QED) is 0.896. The van der Waals surface area contributed by atoms with Crippen LogP contribution in [0.15, 0.2) is 17.5 Å². The maximum Gasteiger partial charge on any atom is 0.315 e. The number of aliphatic carboxylic acids is 1. The number of carbonyl (C=O) groups is 1. The van der Waals surface area contributed by atoms with Gasteiger partial charge in [-0.3, -0.25) is 4.79 Å². The van der Waals surface area contributed by atoms with Gasteiger partial charge in [0.2, 0.25) is 0 Å². The van der Waals surface area contributed by atoms with Crippen LogP contribution in [0.4, 0.5) is 0 Å². The highest BCUT2D eigenvalue weighted by Gasteiger charge is 2.45. The maximum absolute atomic E-state index is 11.7. The summed E-state index contributed by atoms with van der Waals surface area (Å²) in [6.07, 6.45) is 4.14. The Hall–Kier alpha value is -0.870. The maximum atomic E-state index is 11.7. The van der Waals surface area contributed by atoms with E-state index in [-0.39, 0.29) is 0 Å². The molecule has 0 unspecified atom stereocenters. The van der Waals surface area contributed by atoms with Crippen LogP contribution in [0.5, 0.6) is 0 Å². The molecular formula is C13H17NO2S. The zero-order valence-corrected chi connectivity index (χ0v) is 10.6. The molecule has 1 aromatic heterocycles. The predicted octanol–water partition coefficient (Wildman–Crippen LogP) is 2.33. The molecule has 4 heteroatoms. The molecule has 1 aromatic rings. The van der Waals surface area contributed by atoms with Gasteiger partial charge in [0.25, 0.3) is 0 Å². The van der Waals surface area contributed by atoms with Crippen molar-refractivity contribution in [1.29, 1.82) is 0 Å². The Balaban J connectivity index is 1.80. The van der Waals surface area contributed by atoms with Gasteiger partial charge >= 0.3 is 5.97 Å². The highest BCUT2D eigenvalue weighted by Crippen LogP contribution is 2.41. The number of nitrogens with zero attached hydrogens (tertiary/aromatic N) is 1. The molecule has 1 aliphatic heterocycles. The Kier molecular flexibility index (Phi) is 2.71. The van der Waals surface area contributed by atoms with Gasteiger partial charge in [-0.1, -0.05) is 6.07 Å². The van der Waals surface area contributed by atoms with Crippen LogP contribution >= 0.6 is 11.3 Å². The van der Waals surface area contributed by atoms with Gasteiger partial charge in [-0.25, -0.2) is 0 Å². The van der Waals surface area contributed by atoms with E-state index in [9.17, 15) is 9.90 Å². The number of hydrogen-bond donors (Lipinski definition) is 1. The standard InChI is InChI=1S/C13H17NO2S/c15-12(16)13(11-2-1-9-17-11)5-7-14(8-6-13)10-3-4-10/h1-2,9-10H,3-8H2,(H,15,16). The van der Waals surface area contributed by atoms with Gasteiger partial charge in [-0.2, -0.15) is 0 Å². The molecule has 0 spiro atoms. The molecule has 92 valence electrons. The highest BCUT2D eigenvalue weighted by molar-refractivity contribution is 7.10. The van der Waals surface area contributed by atoms with Crippen molar-refractivity contribution in [1.82, 2.24) is 4.90 Å². The lowest BCUT2D eigenvalue weighted by Crippen LogP contribution is -2.47. The van der Waals surface area contributed by atoms with Gasteiger partial charge in [-0.05, 0) is 50.2 Å². The van der Waals surface area contributed by atoms with E-state index in [4.69, 9.17) is 0 Å². The third-order valence-electron chi connectivity index (χ3n) is 4.12. The average Bonchev–Trinajstić information content (AvgIpc) is 3.04. The van der Waals surface area contributed by atoms with E-state index in [1.807, 2.05) is 17.5 Å².